The Bertz CT molecular complexity index is 949. The molecule has 0 saturated carbocycles. The highest BCUT2D eigenvalue weighted by atomic mass is 35.5. The molecule has 0 saturated heterocycles. The Morgan fingerprint density at radius 2 is 1.90 bits per heavy atom. The van der Waals surface area contributed by atoms with E-state index in [1.54, 1.807) is 19.1 Å². The van der Waals surface area contributed by atoms with Crippen LogP contribution in [0, 0.1) is 18.3 Å². The van der Waals surface area contributed by atoms with Crippen LogP contribution in [0.2, 0.25) is 10.0 Å². The highest BCUT2D eigenvalue weighted by Gasteiger charge is 2.18. The van der Waals surface area contributed by atoms with Gasteiger partial charge in [-0.05, 0) is 30.2 Å². The Hall–Kier alpha value is -1.80. The van der Waals surface area contributed by atoms with Gasteiger partial charge in [0.05, 0.1) is 11.3 Å². The van der Waals surface area contributed by atoms with E-state index in [2.05, 4.69) is 6.07 Å². The third kappa shape index (κ3) is 2.14. The standard InChI is InChI=1S/C15H8Cl2N2OS/c1-8-11(6-18)15-19(14(20)13(8)17)12(7-21-15)9-2-4-10(16)5-3-9/h2-5,7H,1H3. The van der Waals surface area contributed by atoms with Crippen LogP contribution in [0.4, 0.5) is 0 Å². The van der Waals surface area contributed by atoms with Crippen molar-refractivity contribution in [3.8, 4) is 17.3 Å². The molecule has 0 aliphatic carbocycles. The van der Waals surface area contributed by atoms with Crippen LogP contribution in [-0.4, -0.2) is 4.40 Å². The van der Waals surface area contributed by atoms with E-state index in [9.17, 15) is 10.1 Å². The maximum absolute atomic E-state index is 12.4. The third-order valence-corrected chi connectivity index (χ3v) is 4.94. The minimum Gasteiger partial charge on any atom is -0.267 e. The van der Waals surface area contributed by atoms with Crippen molar-refractivity contribution >= 4 is 39.4 Å². The first-order valence-corrected chi connectivity index (χ1v) is 7.66. The average molecular weight is 335 g/mol. The van der Waals surface area contributed by atoms with E-state index in [1.807, 2.05) is 17.5 Å². The molecule has 0 aliphatic heterocycles. The Morgan fingerprint density at radius 1 is 1.24 bits per heavy atom. The van der Waals surface area contributed by atoms with Crippen LogP contribution in [0.5, 0.6) is 0 Å². The molecule has 0 bridgehead atoms. The Morgan fingerprint density at radius 3 is 2.52 bits per heavy atom. The summed E-state index contributed by atoms with van der Waals surface area (Å²) >= 11 is 13.3. The van der Waals surface area contributed by atoms with Crippen molar-refractivity contribution in [1.82, 2.24) is 4.40 Å². The number of benzene rings is 1. The second kappa shape index (κ2) is 5.19. The smallest absolute Gasteiger partial charge is 0.267 e. The number of thiazole rings is 1. The summed E-state index contributed by atoms with van der Waals surface area (Å²) in [6.07, 6.45) is 0. The zero-order valence-corrected chi connectivity index (χ0v) is 13.2. The molecular formula is C15H8Cl2N2OS. The summed E-state index contributed by atoms with van der Waals surface area (Å²) in [6, 6.07) is 9.30. The first-order chi connectivity index (χ1) is 10.0. The van der Waals surface area contributed by atoms with Gasteiger partial charge in [-0.1, -0.05) is 35.3 Å². The fourth-order valence-electron chi connectivity index (χ4n) is 2.18. The second-order valence-corrected chi connectivity index (χ2v) is 6.17. The van der Waals surface area contributed by atoms with Gasteiger partial charge < -0.3 is 0 Å². The minimum absolute atomic E-state index is 0.0812. The molecule has 3 aromatic rings. The normalized spacial score (nSPS) is 10.8. The molecule has 21 heavy (non-hydrogen) atoms. The van der Waals surface area contributed by atoms with Gasteiger partial charge in [0.1, 0.15) is 15.9 Å². The lowest BCUT2D eigenvalue weighted by atomic mass is 10.1. The van der Waals surface area contributed by atoms with Gasteiger partial charge in [0.25, 0.3) is 5.56 Å². The zero-order valence-electron chi connectivity index (χ0n) is 10.9. The number of aromatic nitrogens is 1. The SMILES string of the molecule is Cc1c(Cl)c(=O)n2c(-c3ccc(Cl)cc3)csc2c1C#N. The molecule has 2 heterocycles. The van der Waals surface area contributed by atoms with E-state index in [0.29, 0.717) is 26.7 Å². The van der Waals surface area contributed by atoms with Crippen molar-refractivity contribution in [3.63, 3.8) is 0 Å². The van der Waals surface area contributed by atoms with Crippen molar-refractivity contribution in [3.05, 3.63) is 61.2 Å². The Balaban J connectivity index is 2.43. The lowest BCUT2D eigenvalue weighted by Crippen LogP contribution is -2.16. The number of nitrogens with zero attached hydrogens (tertiary/aromatic N) is 2. The number of fused-ring (bicyclic) bond motifs is 1. The number of hydrogen-bond donors (Lipinski definition) is 0. The molecule has 0 fully saturated rings. The van der Waals surface area contributed by atoms with Crippen LogP contribution in [0.15, 0.2) is 34.4 Å². The van der Waals surface area contributed by atoms with Gasteiger partial charge in [-0.3, -0.25) is 9.20 Å². The highest BCUT2D eigenvalue weighted by molar-refractivity contribution is 7.16. The van der Waals surface area contributed by atoms with Gasteiger partial charge in [0.2, 0.25) is 0 Å². The summed E-state index contributed by atoms with van der Waals surface area (Å²) in [7, 11) is 0. The molecule has 3 rings (SSSR count). The Labute approximate surface area is 134 Å². The maximum Gasteiger partial charge on any atom is 0.275 e. The van der Waals surface area contributed by atoms with Gasteiger partial charge in [0, 0.05) is 10.4 Å². The fraction of sp³-hybridized carbons (Fsp3) is 0.0667. The molecule has 0 unspecified atom stereocenters. The quantitative estimate of drug-likeness (QED) is 0.656. The summed E-state index contributed by atoms with van der Waals surface area (Å²) in [6.45, 7) is 1.68. The van der Waals surface area contributed by atoms with Crippen molar-refractivity contribution in [1.29, 1.82) is 5.26 Å². The van der Waals surface area contributed by atoms with Crippen molar-refractivity contribution < 1.29 is 0 Å². The van der Waals surface area contributed by atoms with E-state index in [1.165, 1.54) is 15.7 Å². The van der Waals surface area contributed by atoms with Crippen LogP contribution in [0.1, 0.15) is 11.1 Å². The summed E-state index contributed by atoms with van der Waals surface area (Å²) in [5.74, 6) is 0. The topological polar surface area (TPSA) is 45.3 Å². The van der Waals surface area contributed by atoms with Crippen LogP contribution in [0.3, 0.4) is 0 Å². The fourth-order valence-corrected chi connectivity index (χ4v) is 3.55. The summed E-state index contributed by atoms with van der Waals surface area (Å²) < 4.78 is 1.49. The largest absolute Gasteiger partial charge is 0.275 e. The monoisotopic (exact) mass is 334 g/mol. The van der Waals surface area contributed by atoms with E-state index in [0.717, 1.165) is 5.56 Å². The van der Waals surface area contributed by atoms with Gasteiger partial charge in [-0.25, -0.2) is 0 Å². The number of pyridine rings is 1. The predicted octanol–water partition coefficient (Wildman–Crippen LogP) is 4.51. The molecule has 2 aromatic heterocycles. The van der Waals surface area contributed by atoms with Crippen molar-refractivity contribution in [2.75, 3.05) is 0 Å². The number of hydrogen-bond acceptors (Lipinski definition) is 3. The highest BCUT2D eigenvalue weighted by Crippen LogP contribution is 2.30. The van der Waals surface area contributed by atoms with Gasteiger partial charge in [0.15, 0.2) is 0 Å². The number of rotatable bonds is 1. The molecule has 1 aromatic carbocycles. The first-order valence-electron chi connectivity index (χ1n) is 6.03. The molecule has 6 heteroatoms. The molecule has 0 amide bonds. The zero-order chi connectivity index (χ0) is 15.1. The Kier molecular flexibility index (Phi) is 3.50. The van der Waals surface area contributed by atoms with Gasteiger partial charge in [-0.15, -0.1) is 11.3 Å². The van der Waals surface area contributed by atoms with E-state index in [-0.39, 0.29) is 10.6 Å². The van der Waals surface area contributed by atoms with E-state index >= 15 is 0 Å². The van der Waals surface area contributed by atoms with Crippen molar-refractivity contribution in [2.24, 2.45) is 0 Å². The van der Waals surface area contributed by atoms with Crippen molar-refractivity contribution in [2.45, 2.75) is 6.92 Å². The number of halogens is 2. The first kappa shape index (κ1) is 14.2. The summed E-state index contributed by atoms with van der Waals surface area (Å²) in [5.41, 5.74) is 2.19. The molecule has 0 N–H and O–H groups in total. The lowest BCUT2D eigenvalue weighted by molar-refractivity contribution is 1.11. The molecular weight excluding hydrogens is 327 g/mol. The molecule has 0 radical (unpaired) electrons. The molecule has 0 spiro atoms. The number of nitriles is 1. The van der Waals surface area contributed by atoms with Gasteiger partial charge >= 0.3 is 0 Å². The molecule has 0 atom stereocenters. The maximum atomic E-state index is 12.4. The summed E-state index contributed by atoms with van der Waals surface area (Å²) in [5, 5.41) is 11.9. The summed E-state index contributed by atoms with van der Waals surface area (Å²) in [4.78, 5) is 13.0. The van der Waals surface area contributed by atoms with Crippen LogP contribution in [0.25, 0.3) is 16.1 Å². The predicted molar refractivity (Wildman–Crippen MR) is 86.5 cm³/mol. The van der Waals surface area contributed by atoms with Crippen LogP contribution < -0.4 is 5.56 Å². The minimum atomic E-state index is -0.311. The lowest BCUT2D eigenvalue weighted by Gasteiger charge is -2.06. The van der Waals surface area contributed by atoms with Crippen LogP contribution in [-0.2, 0) is 0 Å². The molecule has 0 aliphatic rings. The third-order valence-electron chi connectivity index (χ3n) is 3.29. The average Bonchev–Trinajstić information content (AvgIpc) is 2.91. The van der Waals surface area contributed by atoms with E-state index < -0.39 is 0 Å². The van der Waals surface area contributed by atoms with E-state index in [4.69, 9.17) is 23.2 Å². The van der Waals surface area contributed by atoms with Gasteiger partial charge in [-0.2, -0.15) is 5.26 Å². The molecule has 104 valence electrons. The molecule has 3 nitrogen and oxygen atoms in total. The van der Waals surface area contributed by atoms with Crippen LogP contribution >= 0.6 is 34.5 Å². The second-order valence-electron chi connectivity index (χ2n) is 4.50.